The van der Waals surface area contributed by atoms with Crippen molar-refractivity contribution in [2.75, 3.05) is 7.11 Å². The van der Waals surface area contributed by atoms with E-state index < -0.39 is 0 Å². The second-order valence-electron chi connectivity index (χ2n) is 3.95. The second kappa shape index (κ2) is 4.52. The van der Waals surface area contributed by atoms with Crippen LogP contribution in [0.15, 0.2) is 30.3 Å². The average molecular weight is 257 g/mol. The summed E-state index contributed by atoms with van der Waals surface area (Å²) < 4.78 is 12.3. The number of benzene rings is 1. The van der Waals surface area contributed by atoms with Gasteiger partial charge >= 0.3 is 0 Å². The maximum absolute atomic E-state index is 5.68. The Kier molecular flexibility index (Phi) is 2.71. The van der Waals surface area contributed by atoms with E-state index >= 15 is 0 Å². The number of hydrogen-bond acceptors (Lipinski definition) is 6. The first kappa shape index (κ1) is 11.4. The normalized spacial score (nSPS) is 10.6. The number of rotatable bonds is 3. The maximum Gasteiger partial charge on any atom is 0.239 e. The SMILES string of the molecule is COc1cc(C)ccc1Oc1ccc2nnnn2n1. The molecule has 0 radical (unpaired) electrons. The quantitative estimate of drug-likeness (QED) is 0.710. The van der Waals surface area contributed by atoms with Crippen LogP contribution < -0.4 is 9.47 Å². The first-order valence-electron chi connectivity index (χ1n) is 5.64. The van der Waals surface area contributed by atoms with Crippen LogP contribution in [-0.2, 0) is 0 Å². The lowest BCUT2D eigenvalue weighted by Gasteiger charge is -2.09. The lowest BCUT2D eigenvalue weighted by atomic mass is 10.2. The number of fused-ring (bicyclic) bond motifs is 1. The highest BCUT2D eigenvalue weighted by molar-refractivity contribution is 5.44. The third-order valence-corrected chi connectivity index (χ3v) is 2.58. The van der Waals surface area contributed by atoms with E-state index in [1.807, 2.05) is 25.1 Å². The Morgan fingerprint density at radius 1 is 1.11 bits per heavy atom. The largest absolute Gasteiger partial charge is 0.493 e. The van der Waals surface area contributed by atoms with Gasteiger partial charge in [0.2, 0.25) is 5.88 Å². The van der Waals surface area contributed by atoms with Crippen molar-refractivity contribution in [3.63, 3.8) is 0 Å². The standard InChI is InChI=1S/C12H11N5O2/c1-8-3-4-9(10(7-8)18-2)19-12-6-5-11-13-15-16-17(11)14-12/h3-7H,1-2H3. The van der Waals surface area contributed by atoms with Gasteiger partial charge < -0.3 is 9.47 Å². The molecule has 0 fully saturated rings. The molecule has 0 saturated carbocycles. The van der Waals surface area contributed by atoms with Crippen molar-refractivity contribution < 1.29 is 9.47 Å². The first-order chi connectivity index (χ1) is 9.26. The first-order valence-corrected chi connectivity index (χ1v) is 5.64. The van der Waals surface area contributed by atoms with Crippen LogP contribution in [0.5, 0.6) is 17.4 Å². The molecule has 7 heteroatoms. The maximum atomic E-state index is 5.68. The molecule has 96 valence electrons. The van der Waals surface area contributed by atoms with Crippen LogP contribution in [-0.4, -0.2) is 32.4 Å². The van der Waals surface area contributed by atoms with E-state index in [4.69, 9.17) is 9.47 Å². The summed E-state index contributed by atoms with van der Waals surface area (Å²) in [5, 5.41) is 15.1. The minimum absolute atomic E-state index is 0.391. The fourth-order valence-corrected chi connectivity index (χ4v) is 1.66. The van der Waals surface area contributed by atoms with Gasteiger partial charge in [0.05, 0.1) is 7.11 Å². The minimum atomic E-state index is 0.391. The molecule has 2 heterocycles. The average Bonchev–Trinajstić information content (AvgIpc) is 2.88. The van der Waals surface area contributed by atoms with Crippen LogP contribution in [0.25, 0.3) is 5.65 Å². The van der Waals surface area contributed by atoms with Crippen LogP contribution >= 0.6 is 0 Å². The Bertz CT molecular complexity index is 725. The van der Waals surface area contributed by atoms with Crippen molar-refractivity contribution in [3.05, 3.63) is 35.9 Å². The Morgan fingerprint density at radius 3 is 2.84 bits per heavy atom. The van der Waals surface area contributed by atoms with Crippen LogP contribution in [0, 0.1) is 6.92 Å². The predicted octanol–water partition coefficient (Wildman–Crippen LogP) is 1.63. The van der Waals surface area contributed by atoms with E-state index in [1.165, 1.54) is 4.63 Å². The van der Waals surface area contributed by atoms with Gasteiger partial charge in [0.25, 0.3) is 0 Å². The van der Waals surface area contributed by atoms with Gasteiger partial charge in [-0.2, -0.15) is 0 Å². The lowest BCUT2D eigenvalue weighted by Crippen LogP contribution is -1.98. The summed E-state index contributed by atoms with van der Waals surface area (Å²) in [6, 6.07) is 9.09. The number of ether oxygens (including phenoxy) is 2. The van der Waals surface area contributed by atoms with Crippen LogP contribution in [0.4, 0.5) is 0 Å². The molecule has 0 aliphatic carbocycles. The van der Waals surface area contributed by atoms with Crippen molar-refractivity contribution in [2.24, 2.45) is 0 Å². The lowest BCUT2D eigenvalue weighted by molar-refractivity contribution is 0.370. The molecule has 0 atom stereocenters. The zero-order chi connectivity index (χ0) is 13.2. The van der Waals surface area contributed by atoms with E-state index in [0.29, 0.717) is 23.0 Å². The molecular formula is C12H11N5O2. The van der Waals surface area contributed by atoms with E-state index in [9.17, 15) is 0 Å². The van der Waals surface area contributed by atoms with Gasteiger partial charge in [-0.05, 0) is 41.1 Å². The van der Waals surface area contributed by atoms with Crippen molar-refractivity contribution in [2.45, 2.75) is 6.92 Å². The van der Waals surface area contributed by atoms with E-state index in [1.54, 1.807) is 19.2 Å². The third-order valence-electron chi connectivity index (χ3n) is 2.58. The third kappa shape index (κ3) is 2.17. The molecule has 0 saturated heterocycles. The van der Waals surface area contributed by atoms with Gasteiger partial charge in [-0.15, -0.1) is 14.8 Å². The fourth-order valence-electron chi connectivity index (χ4n) is 1.66. The summed E-state index contributed by atoms with van der Waals surface area (Å²) in [4.78, 5) is 0. The number of hydrogen-bond donors (Lipinski definition) is 0. The van der Waals surface area contributed by atoms with E-state index in [0.717, 1.165) is 5.56 Å². The zero-order valence-corrected chi connectivity index (χ0v) is 10.4. The smallest absolute Gasteiger partial charge is 0.239 e. The Labute approximate surface area is 108 Å². The van der Waals surface area contributed by atoms with Gasteiger partial charge in [0.1, 0.15) is 0 Å². The molecule has 2 aromatic heterocycles. The van der Waals surface area contributed by atoms with E-state index in [2.05, 4.69) is 20.6 Å². The van der Waals surface area contributed by atoms with Crippen molar-refractivity contribution in [1.82, 2.24) is 25.3 Å². The highest BCUT2D eigenvalue weighted by Crippen LogP contribution is 2.31. The molecule has 0 amide bonds. The highest BCUT2D eigenvalue weighted by Gasteiger charge is 2.08. The van der Waals surface area contributed by atoms with Crippen molar-refractivity contribution >= 4 is 5.65 Å². The molecule has 0 N–H and O–H groups in total. The summed E-state index contributed by atoms with van der Waals surface area (Å²) in [5.74, 6) is 1.63. The van der Waals surface area contributed by atoms with Gasteiger partial charge in [-0.3, -0.25) is 0 Å². The second-order valence-corrected chi connectivity index (χ2v) is 3.95. The Morgan fingerprint density at radius 2 is 2.00 bits per heavy atom. The molecule has 0 unspecified atom stereocenters. The summed E-state index contributed by atoms with van der Waals surface area (Å²) >= 11 is 0. The zero-order valence-electron chi connectivity index (χ0n) is 10.4. The highest BCUT2D eigenvalue weighted by atomic mass is 16.5. The minimum Gasteiger partial charge on any atom is -0.493 e. The molecule has 0 bridgehead atoms. The molecule has 3 aromatic rings. The number of nitrogens with zero attached hydrogens (tertiary/aromatic N) is 5. The molecule has 0 spiro atoms. The monoisotopic (exact) mass is 257 g/mol. The van der Waals surface area contributed by atoms with Crippen molar-refractivity contribution in [3.8, 4) is 17.4 Å². The molecule has 19 heavy (non-hydrogen) atoms. The number of tetrazole rings is 1. The Hall–Kier alpha value is -2.70. The van der Waals surface area contributed by atoms with E-state index in [-0.39, 0.29) is 0 Å². The molecule has 0 aliphatic rings. The number of methoxy groups -OCH3 is 1. The summed E-state index contributed by atoms with van der Waals surface area (Å²) in [5.41, 5.74) is 1.65. The van der Waals surface area contributed by atoms with Gasteiger partial charge in [0, 0.05) is 6.07 Å². The molecule has 7 nitrogen and oxygen atoms in total. The Balaban J connectivity index is 1.95. The summed E-state index contributed by atoms with van der Waals surface area (Å²) in [6.07, 6.45) is 0. The van der Waals surface area contributed by atoms with Crippen LogP contribution in [0.3, 0.4) is 0 Å². The van der Waals surface area contributed by atoms with Crippen LogP contribution in [0.1, 0.15) is 5.56 Å². The van der Waals surface area contributed by atoms with Crippen molar-refractivity contribution in [1.29, 1.82) is 0 Å². The number of aromatic nitrogens is 5. The van der Waals surface area contributed by atoms with Gasteiger partial charge in [0.15, 0.2) is 17.1 Å². The molecule has 1 aromatic carbocycles. The predicted molar refractivity (Wildman–Crippen MR) is 66.4 cm³/mol. The number of aryl methyl sites for hydroxylation is 1. The van der Waals surface area contributed by atoms with Crippen LogP contribution in [0.2, 0.25) is 0 Å². The van der Waals surface area contributed by atoms with Gasteiger partial charge in [-0.25, -0.2) is 0 Å². The topological polar surface area (TPSA) is 74.4 Å². The summed E-state index contributed by atoms with van der Waals surface area (Å²) in [7, 11) is 1.60. The molecule has 0 aliphatic heterocycles. The molecule has 3 rings (SSSR count). The van der Waals surface area contributed by atoms with Gasteiger partial charge in [-0.1, -0.05) is 6.07 Å². The molecular weight excluding hydrogens is 246 g/mol. The fraction of sp³-hybridized carbons (Fsp3) is 0.167. The summed E-state index contributed by atoms with van der Waals surface area (Å²) in [6.45, 7) is 1.98.